The summed E-state index contributed by atoms with van der Waals surface area (Å²) in [6.45, 7) is 4.55. The number of halogens is 3. The van der Waals surface area contributed by atoms with Gasteiger partial charge in [0.05, 0.1) is 15.8 Å². The number of aryl methyl sites for hydroxylation is 1. The van der Waals surface area contributed by atoms with E-state index in [1.807, 2.05) is 36.6 Å². The van der Waals surface area contributed by atoms with E-state index in [0.717, 1.165) is 11.1 Å². The molecular weight excluding hydrogens is 439 g/mol. The predicted octanol–water partition coefficient (Wildman–Crippen LogP) is 5.96. The van der Waals surface area contributed by atoms with Crippen LogP contribution in [0.2, 0.25) is 15.1 Å². The molecule has 9 heteroatoms. The Hall–Kier alpha value is -1.73. The Morgan fingerprint density at radius 3 is 2.54 bits per heavy atom. The average molecular weight is 456 g/mol. The molecule has 5 nitrogen and oxygen atoms in total. The maximum Gasteiger partial charge on any atom is 0.234 e. The smallest absolute Gasteiger partial charge is 0.234 e. The van der Waals surface area contributed by atoms with Gasteiger partial charge in [0.1, 0.15) is 0 Å². The third-order valence-electron chi connectivity index (χ3n) is 4.00. The Labute approximate surface area is 182 Å². The van der Waals surface area contributed by atoms with Crippen molar-refractivity contribution < 1.29 is 4.79 Å². The molecule has 0 unspecified atom stereocenters. The van der Waals surface area contributed by atoms with E-state index < -0.39 is 0 Å². The Bertz CT molecular complexity index is 1020. The van der Waals surface area contributed by atoms with Crippen LogP contribution in [0.4, 0.5) is 5.69 Å². The summed E-state index contributed by atoms with van der Waals surface area (Å²) in [6.07, 6.45) is 0. The van der Waals surface area contributed by atoms with Crippen LogP contribution in [0.5, 0.6) is 0 Å². The van der Waals surface area contributed by atoms with E-state index in [1.165, 1.54) is 11.8 Å². The summed E-state index contributed by atoms with van der Waals surface area (Å²) in [5.74, 6) is 0.728. The Morgan fingerprint density at radius 1 is 1.07 bits per heavy atom. The maximum absolute atomic E-state index is 12.3. The first-order valence-corrected chi connectivity index (χ1v) is 10.6. The summed E-state index contributed by atoms with van der Waals surface area (Å²) in [4.78, 5) is 12.3. The molecule has 0 radical (unpaired) electrons. The number of thioether (sulfide) groups is 1. The molecule has 0 atom stereocenters. The van der Waals surface area contributed by atoms with Gasteiger partial charge < -0.3 is 9.88 Å². The fourth-order valence-corrected chi connectivity index (χ4v) is 3.81. The van der Waals surface area contributed by atoms with Crippen molar-refractivity contribution in [3.05, 3.63) is 57.0 Å². The molecule has 2 aromatic carbocycles. The van der Waals surface area contributed by atoms with Gasteiger partial charge in [0, 0.05) is 22.8 Å². The van der Waals surface area contributed by atoms with Crippen molar-refractivity contribution in [1.82, 2.24) is 14.8 Å². The van der Waals surface area contributed by atoms with E-state index in [2.05, 4.69) is 15.5 Å². The number of carbonyl (C=O) groups excluding carboxylic acids is 1. The number of carbonyl (C=O) groups is 1. The van der Waals surface area contributed by atoms with Gasteiger partial charge in [-0.25, -0.2) is 0 Å². The Balaban J connectivity index is 1.70. The van der Waals surface area contributed by atoms with Crippen LogP contribution in [0.3, 0.4) is 0 Å². The van der Waals surface area contributed by atoms with E-state index in [4.69, 9.17) is 34.8 Å². The third kappa shape index (κ3) is 4.81. The molecular formula is C19H17Cl3N4OS. The first-order chi connectivity index (χ1) is 13.4. The topological polar surface area (TPSA) is 59.8 Å². The van der Waals surface area contributed by atoms with Crippen molar-refractivity contribution >= 4 is 58.2 Å². The zero-order chi connectivity index (χ0) is 20.3. The minimum absolute atomic E-state index is 0.147. The highest BCUT2D eigenvalue weighted by atomic mass is 35.5. The van der Waals surface area contributed by atoms with Crippen molar-refractivity contribution in [2.45, 2.75) is 25.5 Å². The number of hydrogen-bond donors (Lipinski definition) is 1. The van der Waals surface area contributed by atoms with Gasteiger partial charge >= 0.3 is 0 Å². The molecule has 0 spiro atoms. The Kier molecular flexibility index (Phi) is 6.88. The van der Waals surface area contributed by atoms with Gasteiger partial charge in [0.25, 0.3) is 0 Å². The fourth-order valence-electron chi connectivity index (χ4n) is 2.53. The number of nitrogens with one attached hydrogen (secondary N) is 1. The zero-order valence-corrected chi connectivity index (χ0v) is 18.3. The summed E-state index contributed by atoms with van der Waals surface area (Å²) in [5, 5.41) is 13.5. The second kappa shape index (κ2) is 9.18. The number of aromatic nitrogens is 3. The molecule has 0 saturated carbocycles. The zero-order valence-electron chi connectivity index (χ0n) is 15.2. The van der Waals surface area contributed by atoms with Crippen LogP contribution in [0.25, 0.3) is 11.4 Å². The number of nitrogens with zero attached hydrogens (tertiary/aromatic N) is 3. The van der Waals surface area contributed by atoms with Crippen molar-refractivity contribution in [2.24, 2.45) is 0 Å². The summed E-state index contributed by atoms with van der Waals surface area (Å²) in [5.41, 5.74) is 2.43. The van der Waals surface area contributed by atoms with Crippen LogP contribution in [0, 0.1) is 6.92 Å². The Morgan fingerprint density at radius 2 is 1.86 bits per heavy atom. The van der Waals surface area contributed by atoms with Crippen LogP contribution in [-0.2, 0) is 11.3 Å². The number of rotatable bonds is 6. The highest BCUT2D eigenvalue weighted by Crippen LogP contribution is 2.29. The largest absolute Gasteiger partial charge is 0.325 e. The molecule has 0 aliphatic rings. The molecule has 1 amide bonds. The van der Waals surface area contributed by atoms with Crippen molar-refractivity contribution in [3.63, 3.8) is 0 Å². The molecule has 0 saturated heterocycles. The predicted molar refractivity (Wildman–Crippen MR) is 117 cm³/mol. The van der Waals surface area contributed by atoms with E-state index in [1.54, 1.807) is 18.2 Å². The summed E-state index contributed by atoms with van der Waals surface area (Å²) >= 11 is 19.5. The number of anilines is 1. The van der Waals surface area contributed by atoms with Gasteiger partial charge in [-0.05, 0) is 49.7 Å². The number of benzene rings is 2. The highest BCUT2D eigenvalue weighted by Gasteiger charge is 2.15. The van der Waals surface area contributed by atoms with Crippen LogP contribution in [-0.4, -0.2) is 26.4 Å². The minimum Gasteiger partial charge on any atom is -0.325 e. The second-order valence-corrected chi connectivity index (χ2v) is 8.14. The van der Waals surface area contributed by atoms with Gasteiger partial charge in [0.15, 0.2) is 11.0 Å². The average Bonchev–Trinajstić information content (AvgIpc) is 3.08. The molecule has 146 valence electrons. The van der Waals surface area contributed by atoms with Gasteiger partial charge in [-0.2, -0.15) is 0 Å². The lowest BCUT2D eigenvalue weighted by Gasteiger charge is -2.09. The monoisotopic (exact) mass is 454 g/mol. The quantitative estimate of drug-likeness (QED) is 0.466. The molecule has 0 fully saturated rings. The van der Waals surface area contributed by atoms with E-state index in [9.17, 15) is 4.79 Å². The molecule has 1 aromatic heterocycles. The van der Waals surface area contributed by atoms with Gasteiger partial charge in [-0.3, -0.25) is 4.79 Å². The molecule has 1 heterocycles. The van der Waals surface area contributed by atoms with Crippen LogP contribution >= 0.6 is 46.6 Å². The molecule has 3 rings (SSSR count). The molecule has 0 aliphatic heterocycles. The molecule has 28 heavy (non-hydrogen) atoms. The third-order valence-corrected chi connectivity index (χ3v) is 6.11. The van der Waals surface area contributed by atoms with Gasteiger partial charge in [0.2, 0.25) is 5.91 Å². The molecule has 0 aliphatic carbocycles. The van der Waals surface area contributed by atoms with Crippen LogP contribution in [0.1, 0.15) is 12.5 Å². The highest BCUT2D eigenvalue weighted by molar-refractivity contribution is 7.99. The fraction of sp³-hybridized carbons (Fsp3) is 0.211. The first-order valence-electron chi connectivity index (χ1n) is 8.46. The second-order valence-electron chi connectivity index (χ2n) is 5.98. The molecule has 1 N–H and O–H groups in total. The van der Waals surface area contributed by atoms with Gasteiger partial charge in [-0.1, -0.05) is 52.6 Å². The van der Waals surface area contributed by atoms with Crippen molar-refractivity contribution in [3.8, 4) is 11.4 Å². The first kappa shape index (κ1) is 21.0. The lowest BCUT2D eigenvalue weighted by atomic mass is 10.2. The van der Waals surface area contributed by atoms with Crippen molar-refractivity contribution in [1.29, 1.82) is 0 Å². The van der Waals surface area contributed by atoms with E-state index in [0.29, 0.717) is 38.3 Å². The summed E-state index contributed by atoms with van der Waals surface area (Å²) < 4.78 is 1.93. The minimum atomic E-state index is -0.147. The maximum atomic E-state index is 12.3. The lowest BCUT2D eigenvalue weighted by molar-refractivity contribution is -0.113. The van der Waals surface area contributed by atoms with E-state index >= 15 is 0 Å². The van der Waals surface area contributed by atoms with Crippen LogP contribution < -0.4 is 5.32 Å². The van der Waals surface area contributed by atoms with Crippen molar-refractivity contribution in [2.75, 3.05) is 11.1 Å². The summed E-state index contributed by atoms with van der Waals surface area (Å²) in [7, 11) is 0. The molecule has 0 bridgehead atoms. The lowest BCUT2D eigenvalue weighted by Crippen LogP contribution is -2.14. The van der Waals surface area contributed by atoms with E-state index in [-0.39, 0.29) is 11.7 Å². The number of hydrogen-bond acceptors (Lipinski definition) is 4. The van der Waals surface area contributed by atoms with Gasteiger partial charge in [-0.15, -0.1) is 10.2 Å². The van der Waals surface area contributed by atoms with Crippen LogP contribution in [0.15, 0.2) is 41.6 Å². The normalized spacial score (nSPS) is 10.9. The standard InChI is InChI=1S/C19H17Cl3N4OS/c1-3-26-18(12-5-7-14(20)16(22)8-12)24-25-19(26)28-10-17(27)23-13-6-4-11(2)15(21)9-13/h4-9H,3,10H2,1-2H3,(H,23,27). The summed E-state index contributed by atoms with van der Waals surface area (Å²) in [6, 6.07) is 10.7. The number of amides is 1. The SMILES string of the molecule is CCn1c(SCC(=O)Nc2ccc(C)c(Cl)c2)nnc1-c1ccc(Cl)c(Cl)c1. The molecule has 3 aromatic rings.